The van der Waals surface area contributed by atoms with Crippen LogP contribution in [0, 0.1) is 6.92 Å². The van der Waals surface area contributed by atoms with E-state index in [9.17, 15) is 9.59 Å². The summed E-state index contributed by atoms with van der Waals surface area (Å²) in [6, 6.07) is 19.9. The van der Waals surface area contributed by atoms with Gasteiger partial charge in [-0.1, -0.05) is 30.3 Å². The molecule has 0 aliphatic rings. The van der Waals surface area contributed by atoms with Gasteiger partial charge in [0.05, 0.1) is 11.6 Å². The average Bonchev–Trinajstić information content (AvgIpc) is 2.74. The molecule has 148 valence electrons. The lowest BCUT2D eigenvalue weighted by Crippen LogP contribution is -2.23. The second-order valence-electron chi connectivity index (χ2n) is 6.50. The largest absolute Gasteiger partial charge is 0.496 e. The molecule has 3 aromatic rings. The Hall–Kier alpha value is -3.12. The summed E-state index contributed by atoms with van der Waals surface area (Å²) in [7, 11) is 1.60. The molecule has 3 aromatic carbocycles. The van der Waals surface area contributed by atoms with Crippen molar-refractivity contribution in [3.63, 3.8) is 0 Å². The number of methoxy groups -OCH3 is 1. The Balaban J connectivity index is 1.69. The van der Waals surface area contributed by atoms with Gasteiger partial charge in [0.2, 0.25) is 0 Å². The molecule has 0 radical (unpaired) electrons. The van der Waals surface area contributed by atoms with Crippen LogP contribution in [-0.4, -0.2) is 18.9 Å². The summed E-state index contributed by atoms with van der Waals surface area (Å²) < 4.78 is 6.04. The van der Waals surface area contributed by atoms with Gasteiger partial charge in [-0.3, -0.25) is 9.59 Å². The van der Waals surface area contributed by atoms with Crippen molar-refractivity contribution >= 4 is 33.4 Å². The van der Waals surface area contributed by atoms with Crippen LogP contribution in [0.1, 0.15) is 31.8 Å². The molecular formula is C23H21BrN2O3. The van der Waals surface area contributed by atoms with E-state index in [4.69, 9.17) is 4.74 Å². The number of benzene rings is 3. The molecule has 0 bridgehead atoms. The van der Waals surface area contributed by atoms with Crippen LogP contribution < -0.4 is 15.4 Å². The van der Waals surface area contributed by atoms with Gasteiger partial charge in [-0.2, -0.15) is 0 Å². The average molecular weight is 453 g/mol. The van der Waals surface area contributed by atoms with Gasteiger partial charge in [0.1, 0.15) is 5.75 Å². The molecule has 3 rings (SSSR count). The second kappa shape index (κ2) is 9.39. The number of carbonyl (C=O) groups excluding carboxylic acids is 2. The molecule has 0 heterocycles. The SMILES string of the molecule is COc1ccc(CNC(=O)c2ccc(C)c(NC(=O)c3ccccc3)c2)cc1Br. The van der Waals surface area contributed by atoms with Gasteiger partial charge in [-0.15, -0.1) is 0 Å². The van der Waals surface area contributed by atoms with E-state index < -0.39 is 0 Å². The zero-order chi connectivity index (χ0) is 20.8. The van der Waals surface area contributed by atoms with Gasteiger partial charge in [-0.05, 0) is 70.4 Å². The Morgan fingerprint density at radius 3 is 2.38 bits per heavy atom. The first-order valence-electron chi connectivity index (χ1n) is 9.05. The fourth-order valence-corrected chi connectivity index (χ4v) is 3.37. The lowest BCUT2D eigenvalue weighted by Gasteiger charge is -2.12. The summed E-state index contributed by atoms with van der Waals surface area (Å²) >= 11 is 3.44. The zero-order valence-corrected chi connectivity index (χ0v) is 17.7. The maximum absolute atomic E-state index is 12.6. The minimum atomic E-state index is -0.216. The number of rotatable bonds is 6. The van der Waals surface area contributed by atoms with E-state index in [-0.39, 0.29) is 11.8 Å². The molecule has 0 atom stereocenters. The fraction of sp³-hybridized carbons (Fsp3) is 0.130. The summed E-state index contributed by atoms with van der Waals surface area (Å²) in [5.41, 5.74) is 3.47. The highest BCUT2D eigenvalue weighted by Gasteiger charge is 2.12. The Morgan fingerprint density at radius 1 is 0.931 bits per heavy atom. The number of halogens is 1. The summed E-state index contributed by atoms with van der Waals surface area (Å²) in [6.45, 7) is 2.26. The summed E-state index contributed by atoms with van der Waals surface area (Å²) in [5.74, 6) is 0.305. The first-order chi connectivity index (χ1) is 14.0. The molecule has 0 aromatic heterocycles. The van der Waals surface area contributed by atoms with E-state index in [0.29, 0.717) is 23.4 Å². The topological polar surface area (TPSA) is 67.4 Å². The van der Waals surface area contributed by atoms with Crippen LogP contribution >= 0.6 is 15.9 Å². The molecule has 6 heteroatoms. The molecule has 2 N–H and O–H groups in total. The van der Waals surface area contributed by atoms with Crippen molar-refractivity contribution in [1.82, 2.24) is 5.32 Å². The molecule has 2 amide bonds. The maximum Gasteiger partial charge on any atom is 0.255 e. The van der Waals surface area contributed by atoms with Crippen LogP contribution in [-0.2, 0) is 6.54 Å². The molecule has 29 heavy (non-hydrogen) atoms. The third-order valence-electron chi connectivity index (χ3n) is 4.45. The van der Waals surface area contributed by atoms with Gasteiger partial charge in [0, 0.05) is 23.4 Å². The van der Waals surface area contributed by atoms with E-state index in [1.807, 2.05) is 49.4 Å². The van der Waals surface area contributed by atoms with E-state index >= 15 is 0 Å². The molecule has 0 aliphatic heterocycles. The van der Waals surface area contributed by atoms with Gasteiger partial charge < -0.3 is 15.4 Å². The normalized spacial score (nSPS) is 10.3. The highest BCUT2D eigenvalue weighted by Crippen LogP contribution is 2.25. The fourth-order valence-electron chi connectivity index (χ4n) is 2.79. The van der Waals surface area contributed by atoms with Crippen molar-refractivity contribution in [2.45, 2.75) is 13.5 Å². The Labute approximate surface area is 178 Å². The number of amides is 2. The summed E-state index contributed by atoms with van der Waals surface area (Å²) in [6.07, 6.45) is 0. The van der Waals surface area contributed by atoms with Crippen LogP contribution in [0.2, 0.25) is 0 Å². The minimum absolute atomic E-state index is 0.214. The van der Waals surface area contributed by atoms with E-state index in [2.05, 4.69) is 26.6 Å². The zero-order valence-electron chi connectivity index (χ0n) is 16.2. The third-order valence-corrected chi connectivity index (χ3v) is 5.07. The van der Waals surface area contributed by atoms with Crippen LogP contribution in [0.5, 0.6) is 5.75 Å². The van der Waals surface area contributed by atoms with E-state index in [1.165, 1.54) is 0 Å². The number of ether oxygens (including phenoxy) is 1. The van der Waals surface area contributed by atoms with Crippen molar-refractivity contribution < 1.29 is 14.3 Å². The molecular weight excluding hydrogens is 432 g/mol. The number of hydrogen-bond acceptors (Lipinski definition) is 3. The van der Waals surface area contributed by atoms with Crippen molar-refractivity contribution in [3.05, 3.63) is 93.5 Å². The van der Waals surface area contributed by atoms with E-state index in [0.717, 1.165) is 21.3 Å². The summed E-state index contributed by atoms with van der Waals surface area (Å²) in [4.78, 5) is 25.0. The lowest BCUT2D eigenvalue weighted by atomic mass is 10.1. The second-order valence-corrected chi connectivity index (χ2v) is 7.36. The van der Waals surface area contributed by atoms with E-state index in [1.54, 1.807) is 31.4 Å². The van der Waals surface area contributed by atoms with Crippen molar-refractivity contribution in [3.8, 4) is 5.75 Å². The van der Waals surface area contributed by atoms with Crippen LogP contribution in [0.15, 0.2) is 71.2 Å². The predicted octanol–water partition coefficient (Wildman–Crippen LogP) is 4.95. The van der Waals surface area contributed by atoms with Crippen molar-refractivity contribution in [2.24, 2.45) is 0 Å². The van der Waals surface area contributed by atoms with Gasteiger partial charge in [-0.25, -0.2) is 0 Å². The number of hydrogen-bond donors (Lipinski definition) is 2. The number of carbonyl (C=O) groups is 2. The number of anilines is 1. The van der Waals surface area contributed by atoms with Crippen molar-refractivity contribution in [1.29, 1.82) is 0 Å². The lowest BCUT2D eigenvalue weighted by molar-refractivity contribution is 0.0949. The smallest absolute Gasteiger partial charge is 0.255 e. The van der Waals surface area contributed by atoms with Crippen LogP contribution in [0.3, 0.4) is 0 Å². The van der Waals surface area contributed by atoms with Crippen LogP contribution in [0.25, 0.3) is 0 Å². The maximum atomic E-state index is 12.6. The predicted molar refractivity (Wildman–Crippen MR) is 117 cm³/mol. The van der Waals surface area contributed by atoms with Gasteiger partial charge in [0.15, 0.2) is 0 Å². The molecule has 0 saturated carbocycles. The standard InChI is InChI=1S/C23H21BrN2O3/c1-15-8-10-18(13-20(15)26-23(28)17-6-4-3-5-7-17)22(27)25-14-16-9-11-21(29-2)19(24)12-16/h3-13H,14H2,1-2H3,(H,25,27)(H,26,28). The monoisotopic (exact) mass is 452 g/mol. The first kappa shape index (κ1) is 20.6. The molecule has 0 fully saturated rings. The van der Waals surface area contributed by atoms with Gasteiger partial charge in [0.25, 0.3) is 11.8 Å². The Bertz CT molecular complexity index is 1040. The van der Waals surface area contributed by atoms with Crippen LogP contribution in [0.4, 0.5) is 5.69 Å². The molecule has 0 spiro atoms. The molecule has 0 aliphatic carbocycles. The highest BCUT2D eigenvalue weighted by atomic mass is 79.9. The third kappa shape index (κ3) is 5.23. The number of nitrogens with one attached hydrogen (secondary N) is 2. The first-order valence-corrected chi connectivity index (χ1v) is 9.85. The van der Waals surface area contributed by atoms with Gasteiger partial charge >= 0.3 is 0 Å². The number of aryl methyl sites for hydroxylation is 1. The Kier molecular flexibility index (Phi) is 6.67. The van der Waals surface area contributed by atoms with Crippen molar-refractivity contribution in [2.75, 3.05) is 12.4 Å². The quantitative estimate of drug-likeness (QED) is 0.555. The molecule has 0 saturated heterocycles. The highest BCUT2D eigenvalue weighted by molar-refractivity contribution is 9.10. The summed E-state index contributed by atoms with van der Waals surface area (Å²) in [5, 5.41) is 5.77. The molecule has 0 unspecified atom stereocenters. The minimum Gasteiger partial charge on any atom is -0.496 e. The molecule has 5 nitrogen and oxygen atoms in total. The Morgan fingerprint density at radius 2 is 1.69 bits per heavy atom.